The highest BCUT2D eigenvalue weighted by Crippen LogP contribution is 2.35. The normalized spacial score (nSPS) is 25.1. The smallest absolute Gasteiger partial charge is 0.308 e. The van der Waals surface area contributed by atoms with Crippen molar-refractivity contribution in [2.24, 2.45) is 0 Å². The molecule has 0 bridgehead atoms. The van der Waals surface area contributed by atoms with Gasteiger partial charge in [-0.1, -0.05) is 18.9 Å². The molecular formula is C15H20F3N. The second-order valence-electron chi connectivity index (χ2n) is 5.60. The van der Waals surface area contributed by atoms with Crippen molar-refractivity contribution in [2.75, 3.05) is 6.54 Å². The van der Waals surface area contributed by atoms with Gasteiger partial charge in [0.2, 0.25) is 0 Å². The molecule has 1 saturated heterocycles. The summed E-state index contributed by atoms with van der Waals surface area (Å²) in [6.45, 7) is 4.78. The molecule has 0 amide bonds. The SMILES string of the molecule is Cc1cc(C(F)(F)F)ccc1C1(C)CCCCCN1. The molecule has 106 valence electrons. The van der Waals surface area contributed by atoms with E-state index in [0.29, 0.717) is 5.56 Å². The van der Waals surface area contributed by atoms with Crippen LogP contribution in [0.4, 0.5) is 13.2 Å². The summed E-state index contributed by atoms with van der Waals surface area (Å²) < 4.78 is 38.1. The lowest BCUT2D eigenvalue weighted by molar-refractivity contribution is -0.137. The van der Waals surface area contributed by atoms with Gasteiger partial charge in [-0.15, -0.1) is 0 Å². The number of aryl methyl sites for hydroxylation is 1. The standard InChI is InChI=1S/C15H20F3N/c1-11-10-12(15(16,17)18)6-7-13(11)14(2)8-4-3-5-9-19-14/h6-7,10,19H,3-5,8-9H2,1-2H3. The third-order valence-corrected chi connectivity index (χ3v) is 4.02. The van der Waals surface area contributed by atoms with E-state index in [2.05, 4.69) is 12.2 Å². The van der Waals surface area contributed by atoms with Gasteiger partial charge in [0.25, 0.3) is 0 Å². The fourth-order valence-electron chi connectivity index (χ4n) is 2.92. The predicted molar refractivity (Wildman–Crippen MR) is 70.0 cm³/mol. The molecule has 4 heteroatoms. The van der Waals surface area contributed by atoms with Crippen molar-refractivity contribution in [3.63, 3.8) is 0 Å². The van der Waals surface area contributed by atoms with Gasteiger partial charge >= 0.3 is 6.18 Å². The number of rotatable bonds is 1. The van der Waals surface area contributed by atoms with Crippen molar-refractivity contribution in [1.29, 1.82) is 0 Å². The molecule has 1 aliphatic rings. The number of nitrogens with one attached hydrogen (secondary N) is 1. The van der Waals surface area contributed by atoms with Gasteiger partial charge in [-0.2, -0.15) is 13.2 Å². The Hall–Kier alpha value is -1.03. The van der Waals surface area contributed by atoms with Crippen LogP contribution in [0.1, 0.15) is 49.3 Å². The molecule has 0 radical (unpaired) electrons. The van der Waals surface area contributed by atoms with Crippen LogP contribution in [0, 0.1) is 6.92 Å². The maximum atomic E-state index is 12.7. The summed E-state index contributed by atoms with van der Waals surface area (Å²) in [6, 6.07) is 4.09. The van der Waals surface area contributed by atoms with Gasteiger partial charge in [0.15, 0.2) is 0 Å². The van der Waals surface area contributed by atoms with Crippen molar-refractivity contribution in [2.45, 2.75) is 51.2 Å². The van der Waals surface area contributed by atoms with Crippen molar-refractivity contribution in [3.8, 4) is 0 Å². The van der Waals surface area contributed by atoms with E-state index in [1.54, 1.807) is 13.0 Å². The Morgan fingerprint density at radius 3 is 2.53 bits per heavy atom. The van der Waals surface area contributed by atoms with E-state index < -0.39 is 11.7 Å². The molecule has 19 heavy (non-hydrogen) atoms. The van der Waals surface area contributed by atoms with Crippen LogP contribution in [0.5, 0.6) is 0 Å². The number of hydrogen-bond acceptors (Lipinski definition) is 1. The molecule has 1 aliphatic heterocycles. The first kappa shape index (κ1) is 14.4. The second-order valence-corrected chi connectivity index (χ2v) is 5.60. The van der Waals surface area contributed by atoms with Gasteiger partial charge in [-0.25, -0.2) is 0 Å². The fraction of sp³-hybridized carbons (Fsp3) is 0.600. The van der Waals surface area contributed by atoms with Crippen LogP contribution in [0.2, 0.25) is 0 Å². The molecule has 1 unspecified atom stereocenters. The Morgan fingerprint density at radius 1 is 1.16 bits per heavy atom. The van der Waals surface area contributed by atoms with Gasteiger partial charge in [0.05, 0.1) is 5.56 Å². The molecule has 1 N–H and O–H groups in total. The van der Waals surface area contributed by atoms with Crippen LogP contribution in [-0.4, -0.2) is 6.54 Å². The van der Waals surface area contributed by atoms with Crippen LogP contribution in [0.15, 0.2) is 18.2 Å². The molecule has 0 aliphatic carbocycles. The number of hydrogen-bond donors (Lipinski definition) is 1. The van der Waals surface area contributed by atoms with Crippen molar-refractivity contribution >= 4 is 0 Å². The second kappa shape index (κ2) is 5.16. The minimum atomic E-state index is -4.26. The van der Waals surface area contributed by atoms with E-state index in [9.17, 15) is 13.2 Å². The van der Waals surface area contributed by atoms with E-state index >= 15 is 0 Å². The van der Waals surface area contributed by atoms with E-state index in [1.807, 2.05) is 0 Å². The number of halogens is 3. The summed E-state index contributed by atoms with van der Waals surface area (Å²) in [4.78, 5) is 0. The Labute approximate surface area is 112 Å². The lowest BCUT2D eigenvalue weighted by atomic mass is 9.84. The summed E-state index contributed by atoms with van der Waals surface area (Å²) in [6.07, 6.45) is 0.141. The summed E-state index contributed by atoms with van der Waals surface area (Å²) in [5.41, 5.74) is 0.935. The Balaban J connectivity index is 2.34. The highest BCUT2D eigenvalue weighted by atomic mass is 19.4. The Bertz CT molecular complexity index is 443. The zero-order valence-corrected chi connectivity index (χ0v) is 11.4. The molecule has 1 fully saturated rings. The third-order valence-electron chi connectivity index (χ3n) is 4.02. The molecule has 1 aromatic rings. The van der Waals surface area contributed by atoms with Gasteiger partial charge in [-0.3, -0.25) is 0 Å². The van der Waals surface area contributed by atoms with Crippen molar-refractivity contribution < 1.29 is 13.2 Å². The quantitative estimate of drug-likeness (QED) is 0.798. The highest BCUT2D eigenvalue weighted by molar-refractivity contribution is 5.37. The van der Waals surface area contributed by atoms with E-state index in [-0.39, 0.29) is 5.54 Å². The van der Waals surface area contributed by atoms with E-state index in [1.165, 1.54) is 18.6 Å². The van der Waals surface area contributed by atoms with Gasteiger partial charge in [-0.05, 0) is 56.5 Å². The van der Waals surface area contributed by atoms with Gasteiger partial charge < -0.3 is 5.32 Å². The van der Waals surface area contributed by atoms with Crippen LogP contribution >= 0.6 is 0 Å². The Kier molecular flexibility index (Phi) is 3.90. The summed E-state index contributed by atoms with van der Waals surface area (Å²) >= 11 is 0. The maximum Gasteiger partial charge on any atom is 0.416 e. The number of benzene rings is 1. The molecule has 0 aromatic heterocycles. The van der Waals surface area contributed by atoms with Crippen LogP contribution in [-0.2, 0) is 11.7 Å². The molecule has 1 aromatic carbocycles. The fourth-order valence-corrected chi connectivity index (χ4v) is 2.92. The summed E-state index contributed by atoms with van der Waals surface area (Å²) in [7, 11) is 0. The zero-order chi connectivity index (χ0) is 14.1. The van der Waals surface area contributed by atoms with Crippen LogP contribution < -0.4 is 5.32 Å². The average Bonchev–Trinajstić information content (AvgIpc) is 2.53. The van der Waals surface area contributed by atoms with Crippen LogP contribution in [0.25, 0.3) is 0 Å². The molecule has 1 atom stereocenters. The Morgan fingerprint density at radius 2 is 1.89 bits per heavy atom. The molecular weight excluding hydrogens is 251 g/mol. The minimum absolute atomic E-state index is 0.204. The number of alkyl halides is 3. The van der Waals surface area contributed by atoms with E-state index in [4.69, 9.17) is 0 Å². The molecule has 1 nitrogen and oxygen atoms in total. The topological polar surface area (TPSA) is 12.0 Å². The molecule has 1 heterocycles. The van der Waals surface area contributed by atoms with E-state index in [0.717, 1.165) is 31.4 Å². The summed E-state index contributed by atoms with van der Waals surface area (Å²) in [5.74, 6) is 0. The van der Waals surface area contributed by atoms with Gasteiger partial charge in [0, 0.05) is 5.54 Å². The zero-order valence-electron chi connectivity index (χ0n) is 11.4. The van der Waals surface area contributed by atoms with Crippen molar-refractivity contribution in [1.82, 2.24) is 5.32 Å². The maximum absolute atomic E-state index is 12.7. The minimum Gasteiger partial charge on any atom is -0.308 e. The first-order valence-corrected chi connectivity index (χ1v) is 6.76. The van der Waals surface area contributed by atoms with Gasteiger partial charge in [0.1, 0.15) is 0 Å². The lowest BCUT2D eigenvalue weighted by Crippen LogP contribution is -2.39. The first-order chi connectivity index (χ1) is 8.83. The predicted octanol–water partition coefficient (Wildman–Crippen LogP) is 4.39. The molecule has 2 rings (SSSR count). The monoisotopic (exact) mass is 271 g/mol. The largest absolute Gasteiger partial charge is 0.416 e. The molecule has 0 spiro atoms. The highest BCUT2D eigenvalue weighted by Gasteiger charge is 2.33. The average molecular weight is 271 g/mol. The third kappa shape index (κ3) is 3.11. The molecule has 0 saturated carbocycles. The summed E-state index contributed by atoms with van der Waals surface area (Å²) in [5, 5.41) is 3.49. The van der Waals surface area contributed by atoms with Crippen LogP contribution in [0.3, 0.4) is 0 Å². The lowest BCUT2D eigenvalue weighted by Gasteiger charge is -2.32. The first-order valence-electron chi connectivity index (χ1n) is 6.76. The van der Waals surface area contributed by atoms with Crippen molar-refractivity contribution in [3.05, 3.63) is 34.9 Å².